The summed E-state index contributed by atoms with van der Waals surface area (Å²) in [6, 6.07) is 16.7. The summed E-state index contributed by atoms with van der Waals surface area (Å²) in [6.45, 7) is 3.73. The van der Waals surface area contributed by atoms with Gasteiger partial charge in [0.05, 0.1) is 28.6 Å². The van der Waals surface area contributed by atoms with E-state index in [1.165, 1.54) is 23.9 Å². The van der Waals surface area contributed by atoms with Crippen molar-refractivity contribution in [3.05, 3.63) is 66.4 Å². The molecular weight excluding hydrogens is 518 g/mol. The molecule has 0 aliphatic carbocycles. The zero-order valence-electron chi connectivity index (χ0n) is 21.6. The van der Waals surface area contributed by atoms with Crippen LogP contribution >= 0.6 is 0 Å². The molecule has 1 aliphatic heterocycles. The molecule has 1 unspecified atom stereocenters. The maximum absolute atomic E-state index is 12.7. The second-order valence-corrected chi connectivity index (χ2v) is 12.0. The first-order chi connectivity index (χ1) is 18.8. The summed E-state index contributed by atoms with van der Waals surface area (Å²) in [7, 11) is -3.54. The molecule has 39 heavy (non-hydrogen) atoms. The Bertz CT molecular complexity index is 1510. The van der Waals surface area contributed by atoms with Crippen molar-refractivity contribution in [3.63, 3.8) is 0 Å². The third-order valence-electron chi connectivity index (χ3n) is 6.86. The molecule has 10 nitrogen and oxygen atoms in total. The molecule has 0 spiro atoms. The van der Waals surface area contributed by atoms with E-state index in [4.69, 9.17) is 20.1 Å². The highest BCUT2D eigenvalue weighted by Crippen LogP contribution is 2.30. The van der Waals surface area contributed by atoms with E-state index >= 15 is 0 Å². The second-order valence-electron chi connectivity index (χ2n) is 9.60. The van der Waals surface area contributed by atoms with E-state index in [1.54, 1.807) is 25.1 Å². The molecule has 2 aromatic carbocycles. The first kappa shape index (κ1) is 26.9. The standard InChI is InChI=1S/C28H31N5O5S/c1-18(10-12-34)39(35,36)23-8-6-21(7-9-23)25-16-31-28(29)27(32-25)26-14-24(33-38-26)20-4-2-19(3-5-20)15-30-22-11-13-37-17-22/h2-9,14,16,18,22,30,34H,10-13,15,17H2,1H3,(H2,29,31)/t18?,22-/m0/s1. The van der Waals surface area contributed by atoms with Crippen molar-refractivity contribution >= 4 is 15.7 Å². The van der Waals surface area contributed by atoms with Gasteiger partial charge in [-0.05, 0) is 37.5 Å². The van der Waals surface area contributed by atoms with Gasteiger partial charge in [-0.25, -0.2) is 18.4 Å². The number of nitrogens with one attached hydrogen (secondary N) is 1. The molecule has 0 saturated carbocycles. The van der Waals surface area contributed by atoms with E-state index in [0.29, 0.717) is 34.4 Å². The van der Waals surface area contributed by atoms with E-state index < -0.39 is 15.1 Å². The van der Waals surface area contributed by atoms with Gasteiger partial charge in [0.25, 0.3) is 0 Å². The van der Waals surface area contributed by atoms with Crippen LogP contribution in [-0.2, 0) is 21.1 Å². The number of sulfone groups is 1. The maximum Gasteiger partial charge on any atom is 0.189 e. The maximum atomic E-state index is 12.7. The zero-order valence-corrected chi connectivity index (χ0v) is 22.4. The van der Waals surface area contributed by atoms with Crippen LogP contribution in [0.5, 0.6) is 0 Å². The second kappa shape index (κ2) is 11.6. The van der Waals surface area contributed by atoms with Crippen LogP contribution in [0.15, 0.2) is 70.2 Å². The number of ether oxygens (including phenoxy) is 1. The Balaban J connectivity index is 1.32. The van der Waals surface area contributed by atoms with Crippen LogP contribution in [0.3, 0.4) is 0 Å². The average Bonchev–Trinajstić information content (AvgIpc) is 3.66. The molecule has 0 bridgehead atoms. The quantitative estimate of drug-likeness (QED) is 0.268. The molecule has 0 radical (unpaired) electrons. The molecular formula is C28H31N5O5S. The molecule has 4 N–H and O–H groups in total. The van der Waals surface area contributed by atoms with Crippen molar-refractivity contribution in [1.29, 1.82) is 0 Å². The number of aliphatic hydroxyl groups is 1. The third-order valence-corrected chi connectivity index (χ3v) is 9.09. The van der Waals surface area contributed by atoms with E-state index in [1.807, 2.05) is 12.1 Å². The first-order valence-electron chi connectivity index (χ1n) is 12.8. The number of hydrogen-bond donors (Lipinski definition) is 3. The molecule has 1 saturated heterocycles. The Hall–Kier alpha value is -3.64. The van der Waals surface area contributed by atoms with E-state index in [9.17, 15) is 8.42 Å². The van der Waals surface area contributed by atoms with E-state index in [2.05, 4.69) is 32.6 Å². The predicted octanol–water partition coefficient (Wildman–Crippen LogP) is 3.47. The normalized spacial score (nSPS) is 16.4. The molecule has 4 aromatic rings. The molecule has 1 aliphatic rings. The van der Waals surface area contributed by atoms with E-state index in [0.717, 1.165) is 31.7 Å². The van der Waals surface area contributed by atoms with Gasteiger partial charge in [-0.15, -0.1) is 0 Å². The van der Waals surface area contributed by atoms with Crippen LogP contribution in [0.4, 0.5) is 5.82 Å². The smallest absolute Gasteiger partial charge is 0.189 e. The topological polar surface area (TPSA) is 153 Å². The number of hydrogen-bond acceptors (Lipinski definition) is 10. The lowest BCUT2D eigenvalue weighted by molar-refractivity contribution is 0.190. The lowest BCUT2D eigenvalue weighted by Gasteiger charge is -2.12. The fourth-order valence-corrected chi connectivity index (χ4v) is 5.77. The van der Waals surface area contributed by atoms with Gasteiger partial charge in [-0.2, -0.15) is 0 Å². The molecule has 204 valence electrons. The predicted molar refractivity (Wildman–Crippen MR) is 147 cm³/mol. The highest BCUT2D eigenvalue weighted by molar-refractivity contribution is 7.92. The summed E-state index contributed by atoms with van der Waals surface area (Å²) >= 11 is 0. The number of aliphatic hydroxyl groups excluding tert-OH is 1. The number of nitrogens with zero attached hydrogens (tertiary/aromatic N) is 3. The van der Waals surface area contributed by atoms with Crippen LogP contribution < -0.4 is 11.1 Å². The third kappa shape index (κ3) is 6.01. The fraction of sp³-hybridized carbons (Fsp3) is 0.321. The monoisotopic (exact) mass is 549 g/mol. The van der Waals surface area contributed by atoms with Crippen LogP contribution in [0.2, 0.25) is 0 Å². The summed E-state index contributed by atoms with van der Waals surface area (Å²) in [4.78, 5) is 9.08. The van der Waals surface area contributed by atoms with Crippen LogP contribution in [0.25, 0.3) is 34.0 Å². The lowest BCUT2D eigenvalue weighted by atomic mass is 10.1. The summed E-state index contributed by atoms with van der Waals surface area (Å²) in [5, 5.41) is 16.1. The Kier molecular flexibility index (Phi) is 8.03. The lowest BCUT2D eigenvalue weighted by Crippen LogP contribution is -2.28. The number of nitrogen functional groups attached to an aromatic ring is 1. The van der Waals surface area contributed by atoms with Gasteiger partial charge >= 0.3 is 0 Å². The van der Waals surface area contributed by atoms with Gasteiger partial charge in [0.15, 0.2) is 27.1 Å². The average molecular weight is 550 g/mol. The van der Waals surface area contributed by atoms with Crippen molar-refractivity contribution in [2.75, 3.05) is 25.6 Å². The van der Waals surface area contributed by atoms with Crippen LogP contribution in [-0.4, -0.2) is 59.8 Å². The largest absolute Gasteiger partial charge is 0.396 e. The highest BCUT2D eigenvalue weighted by atomic mass is 32.2. The molecule has 1 fully saturated rings. The van der Waals surface area contributed by atoms with Gasteiger partial charge in [-0.1, -0.05) is 41.6 Å². The molecule has 2 aromatic heterocycles. The van der Waals surface area contributed by atoms with Crippen molar-refractivity contribution in [1.82, 2.24) is 20.4 Å². The minimum absolute atomic E-state index is 0.174. The SMILES string of the molecule is CC(CCO)S(=O)(=O)c1ccc(-c2cnc(N)c(-c3cc(-c4ccc(CN[C@H]5CCOC5)cc4)no3)n2)cc1. The van der Waals surface area contributed by atoms with Crippen LogP contribution in [0.1, 0.15) is 25.3 Å². The zero-order chi connectivity index (χ0) is 27.4. The summed E-state index contributed by atoms with van der Waals surface area (Å²) in [5.74, 6) is 0.566. The number of benzene rings is 2. The van der Waals surface area contributed by atoms with Crippen molar-refractivity contribution < 1.29 is 22.8 Å². The van der Waals surface area contributed by atoms with Crippen molar-refractivity contribution in [3.8, 4) is 34.0 Å². The summed E-state index contributed by atoms with van der Waals surface area (Å²) < 4.78 is 36.4. The molecule has 11 heteroatoms. The number of aromatic nitrogens is 3. The van der Waals surface area contributed by atoms with Gasteiger partial charge in [0, 0.05) is 43.0 Å². The van der Waals surface area contributed by atoms with E-state index in [-0.39, 0.29) is 23.7 Å². The summed E-state index contributed by atoms with van der Waals surface area (Å²) in [6.07, 6.45) is 2.73. The number of anilines is 1. The Morgan fingerprint density at radius 1 is 1.10 bits per heavy atom. The first-order valence-corrected chi connectivity index (χ1v) is 14.3. The Labute approximate surface area is 227 Å². The number of nitrogens with two attached hydrogens (primary N) is 1. The highest BCUT2D eigenvalue weighted by Gasteiger charge is 2.23. The van der Waals surface area contributed by atoms with Gasteiger partial charge < -0.3 is 25.4 Å². The Morgan fingerprint density at radius 3 is 2.51 bits per heavy atom. The van der Waals surface area contributed by atoms with Crippen molar-refractivity contribution in [2.45, 2.75) is 42.5 Å². The van der Waals surface area contributed by atoms with Crippen LogP contribution in [0, 0.1) is 0 Å². The molecule has 2 atom stereocenters. The number of rotatable bonds is 10. The van der Waals surface area contributed by atoms with Gasteiger partial charge in [0.2, 0.25) is 0 Å². The molecule has 0 amide bonds. The fourth-order valence-electron chi connectivity index (χ4n) is 4.38. The Morgan fingerprint density at radius 2 is 1.82 bits per heavy atom. The van der Waals surface area contributed by atoms with Crippen molar-refractivity contribution in [2.24, 2.45) is 0 Å². The minimum Gasteiger partial charge on any atom is -0.396 e. The molecule has 3 heterocycles. The minimum atomic E-state index is -3.54. The molecule has 5 rings (SSSR count). The van der Waals surface area contributed by atoms with Gasteiger partial charge in [-0.3, -0.25) is 0 Å². The van der Waals surface area contributed by atoms with Gasteiger partial charge in [0.1, 0.15) is 5.69 Å². The summed E-state index contributed by atoms with van der Waals surface area (Å²) in [5.41, 5.74) is 10.4.